The molecule has 0 bridgehead atoms. The van der Waals surface area contributed by atoms with Crippen molar-refractivity contribution in [3.8, 4) is 0 Å². The Kier molecular flexibility index (Phi) is 4.66. The summed E-state index contributed by atoms with van der Waals surface area (Å²) in [7, 11) is 0. The molecule has 0 fully saturated rings. The van der Waals surface area contributed by atoms with Crippen LogP contribution in [0.3, 0.4) is 0 Å². The van der Waals surface area contributed by atoms with Gasteiger partial charge < -0.3 is 10.2 Å². The van der Waals surface area contributed by atoms with Crippen LogP contribution in [0.5, 0.6) is 0 Å². The van der Waals surface area contributed by atoms with Gasteiger partial charge in [0.1, 0.15) is 0 Å². The number of carbonyl (C=O) groups is 1. The van der Waals surface area contributed by atoms with Crippen LogP contribution in [0.25, 0.3) is 0 Å². The topological polar surface area (TPSA) is 57.5 Å². The summed E-state index contributed by atoms with van der Waals surface area (Å²) in [6, 6.07) is 0. The van der Waals surface area contributed by atoms with E-state index < -0.39 is 5.97 Å². The van der Waals surface area contributed by atoms with Crippen molar-refractivity contribution in [2.45, 2.75) is 32.1 Å². The Morgan fingerprint density at radius 1 is 1.29 bits per heavy atom. The number of aliphatic hydroxyl groups is 1. The van der Waals surface area contributed by atoms with E-state index >= 15 is 0 Å². The fraction of sp³-hybridized carbons (Fsp3) is 0.727. The lowest BCUT2D eigenvalue weighted by Crippen LogP contribution is -2.20. The molecule has 14 heavy (non-hydrogen) atoms. The highest BCUT2D eigenvalue weighted by atomic mass is 16.4. The molecule has 0 aliphatic heterocycles. The number of aliphatic carboxylic acids is 1. The Balaban J connectivity index is 2.43. The highest BCUT2D eigenvalue weighted by molar-refractivity contribution is 5.67. The van der Waals surface area contributed by atoms with E-state index in [0.29, 0.717) is 5.92 Å². The average molecular weight is 198 g/mol. The van der Waals surface area contributed by atoms with Gasteiger partial charge in [-0.05, 0) is 37.5 Å². The van der Waals surface area contributed by atoms with Crippen LogP contribution in [0, 0.1) is 11.8 Å². The molecular weight excluding hydrogens is 180 g/mol. The van der Waals surface area contributed by atoms with Gasteiger partial charge in [0.2, 0.25) is 0 Å². The molecule has 0 saturated heterocycles. The van der Waals surface area contributed by atoms with Crippen LogP contribution in [0.1, 0.15) is 32.1 Å². The van der Waals surface area contributed by atoms with Gasteiger partial charge in [0.25, 0.3) is 0 Å². The lowest BCUT2D eigenvalue weighted by molar-refractivity contribution is -0.138. The first kappa shape index (κ1) is 11.2. The van der Waals surface area contributed by atoms with E-state index in [1.54, 1.807) is 0 Å². The molecule has 0 aromatic carbocycles. The number of hydrogen-bond donors (Lipinski definition) is 2. The number of aliphatic hydroxyl groups excluding tert-OH is 1. The van der Waals surface area contributed by atoms with Crippen LogP contribution in [0.15, 0.2) is 12.2 Å². The highest BCUT2D eigenvalue weighted by Crippen LogP contribution is 2.31. The van der Waals surface area contributed by atoms with Gasteiger partial charge in [0.15, 0.2) is 0 Å². The summed E-state index contributed by atoms with van der Waals surface area (Å²) < 4.78 is 0. The molecule has 80 valence electrons. The molecule has 0 spiro atoms. The Morgan fingerprint density at radius 2 is 1.93 bits per heavy atom. The van der Waals surface area contributed by atoms with Crippen molar-refractivity contribution < 1.29 is 15.0 Å². The van der Waals surface area contributed by atoms with Crippen LogP contribution in [0.2, 0.25) is 0 Å². The van der Waals surface area contributed by atoms with Gasteiger partial charge in [-0.3, -0.25) is 4.79 Å². The van der Waals surface area contributed by atoms with Crippen molar-refractivity contribution in [3.63, 3.8) is 0 Å². The molecule has 0 aromatic rings. The number of rotatable bonds is 5. The van der Waals surface area contributed by atoms with Crippen molar-refractivity contribution in [2.24, 2.45) is 11.8 Å². The van der Waals surface area contributed by atoms with E-state index in [1.165, 1.54) is 0 Å². The van der Waals surface area contributed by atoms with Gasteiger partial charge >= 0.3 is 5.97 Å². The minimum atomic E-state index is -0.709. The van der Waals surface area contributed by atoms with Crippen LogP contribution in [-0.2, 0) is 4.79 Å². The summed E-state index contributed by atoms with van der Waals surface area (Å²) in [6.45, 7) is 0.208. The van der Waals surface area contributed by atoms with E-state index in [1.807, 2.05) is 0 Å². The van der Waals surface area contributed by atoms with Crippen molar-refractivity contribution in [1.82, 2.24) is 0 Å². The van der Waals surface area contributed by atoms with E-state index in [2.05, 4.69) is 12.2 Å². The summed E-state index contributed by atoms with van der Waals surface area (Å²) in [5.41, 5.74) is 0. The molecule has 2 atom stereocenters. The van der Waals surface area contributed by atoms with Crippen molar-refractivity contribution in [2.75, 3.05) is 6.61 Å². The summed E-state index contributed by atoms with van der Waals surface area (Å²) in [4.78, 5) is 10.6. The monoisotopic (exact) mass is 198 g/mol. The standard InChI is InChI=1S/C11H18O3/c12-7-3-6-9-4-1-2-5-10(9)8-11(13)14/h1-2,9-10,12H,3-8H2,(H,13,14). The molecule has 0 aromatic heterocycles. The number of hydrogen-bond acceptors (Lipinski definition) is 2. The molecule has 0 heterocycles. The highest BCUT2D eigenvalue weighted by Gasteiger charge is 2.23. The first-order chi connectivity index (χ1) is 6.74. The molecule has 1 rings (SSSR count). The van der Waals surface area contributed by atoms with Crippen LogP contribution in [0.4, 0.5) is 0 Å². The van der Waals surface area contributed by atoms with Crippen molar-refractivity contribution in [1.29, 1.82) is 0 Å². The minimum Gasteiger partial charge on any atom is -0.481 e. The summed E-state index contributed by atoms with van der Waals surface area (Å²) in [5, 5.41) is 17.5. The molecule has 2 N–H and O–H groups in total. The van der Waals surface area contributed by atoms with Crippen LogP contribution >= 0.6 is 0 Å². The molecule has 3 heteroatoms. The molecule has 1 aliphatic carbocycles. The maximum atomic E-state index is 10.6. The number of carboxylic acid groups (broad SMARTS) is 1. The first-order valence-corrected chi connectivity index (χ1v) is 5.21. The average Bonchev–Trinajstić information content (AvgIpc) is 2.16. The zero-order valence-electron chi connectivity index (χ0n) is 8.35. The Labute approximate surface area is 84.4 Å². The van der Waals surface area contributed by atoms with Gasteiger partial charge in [-0.2, -0.15) is 0 Å². The van der Waals surface area contributed by atoms with Crippen molar-refractivity contribution >= 4 is 5.97 Å². The zero-order chi connectivity index (χ0) is 10.4. The third-order valence-corrected chi connectivity index (χ3v) is 2.88. The zero-order valence-corrected chi connectivity index (χ0v) is 8.35. The Morgan fingerprint density at radius 3 is 2.50 bits per heavy atom. The Hall–Kier alpha value is -0.830. The number of carboxylic acids is 1. The normalized spacial score (nSPS) is 26.4. The molecule has 0 radical (unpaired) electrons. The third kappa shape index (κ3) is 3.50. The lowest BCUT2D eigenvalue weighted by atomic mass is 9.78. The third-order valence-electron chi connectivity index (χ3n) is 2.88. The summed E-state index contributed by atoms with van der Waals surface area (Å²) in [6.07, 6.45) is 8.04. The minimum absolute atomic E-state index is 0.208. The SMILES string of the molecule is O=C(O)CC1CC=CCC1CCCO. The molecule has 0 amide bonds. The first-order valence-electron chi connectivity index (χ1n) is 5.21. The molecule has 3 nitrogen and oxygen atoms in total. The van der Waals surface area contributed by atoms with Gasteiger partial charge in [-0.25, -0.2) is 0 Å². The smallest absolute Gasteiger partial charge is 0.303 e. The fourth-order valence-electron chi connectivity index (χ4n) is 2.11. The molecule has 0 saturated carbocycles. The summed E-state index contributed by atoms with van der Waals surface area (Å²) >= 11 is 0. The fourth-order valence-corrected chi connectivity index (χ4v) is 2.11. The predicted octanol–water partition coefficient (Wildman–Crippen LogP) is 1.82. The van der Waals surface area contributed by atoms with E-state index in [0.717, 1.165) is 25.7 Å². The second-order valence-corrected chi connectivity index (χ2v) is 3.93. The number of allylic oxidation sites excluding steroid dienone is 2. The van der Waals surface area contributed by atoms with Crippen LogP contribution < -0.4 is 0 Å². The van der Waals surface area contributed by atoms with Crippen LogP contribution in [-0.4, -0.2) is 22.8 Å². The largest absolute Gasteiger partial charge is 0.481 e. The van der Waals surface area contributed by atoms with Crippen molar-refractivity contribution in [3.05, 3.63) is 12.2 Å². The van der Waals surface area contributed by atoms with Gasteiger partial charge in [-0.1, -0.05) is 12.2 Å². The molecule has 2 unspecified atom stereocenters. The predicted molar refractivity (Wildman–Crippen MR) is 53.9 cm³/mol. The van der Waals surface area contributed by atoms with Gasteiger partial charge in [0, 0.05) is 13.0 Å². The maximum absolute atomic E-state index is 10.6. The molecule has 1 aliphatic rings. The van der Waals surface area contributed by atoms with E-state index in [4.69, 9.17) is 10.2 Å². The van der Waals surface area contributed by atoms with Gasteiger partial charge in [-0.15, -0.1) is 0 Å². The maximum Gasteiger partial charge on any atom is 0.303 e. The van der Waals surface area contributed by atoms with E-state index in [9.17, 15) is 4.79 Å². The van der Waals surface area contributed by atoms with Gasteiger partial charge in [0.05, 0.1) is 0 Å². The molecular formula is C11H18O3. The second-order valence-electron chi connectivity index (χ2n) is 3.93. The quantitative estimate of drug-likeness (QED) is 0.662. The Bertz CT molecular complexity index is 211. The second kappa shape index (κ2) is 5.81. The van der Waals surface area contributed by atoms with E-state index in [-0.39, 0.29) is 18.9 Å². The lowest BCUT2D eigenvalue weighted by Gasteiger charge is -2.27. The summed E-state index contributed by atoms with van der Waals surface area (Å²) in [5.74, 6) is 0.00611.